The molecule has 0 aliphatic heterocycles. The highest BCUT2D eigenvalue weighted by Gasteiger charge is 2.18. The van der Waals surface area contributed by atoms with Crippen LogP contribution in [0, 0.1) is 0 Å². The number of hydrogen-bond acceptors (Lipinski definition) is 5. The molecular weight excluding hydrogens is 256 g/mol. The molecule has 18 heavy (non-hydrogen) atoms. The second kappa shape index (κ2) is 5.55. The lowest BCUT2D eigenvalue weighted by Gasteiger charge is -2.14. The van der Waals surface area contributed by atoms with Gasteiger partial charge in [-0.25, -0.2) is 8.42 Å². The predicted molar refractivity (Wildman–Crippen MR) is 69.8 cm³/mol. The van der Waals surface area contributed by atoms with Crippen LogP contribution in [-0.4, -0.2) is 30.4 Å². The zero-order valence-electron chi connectivity index (χ0n) is 10.3. The third kappa shape index (κ3) is 3.34. The van der Waals surface area contributed by atoms with Gasteiger partial charge < -0.3 is 15.9 Å². The van der Waals surface area contributed by atoms with Gasteiger partial charge in [-0.15, -0.1) is 0 Å². The Bertz CT molecular complexity index is 514. The zero-order chi connectivity index (χ0) is 13.9. The lowest BCUT2D eigenvalue weighted by atomic mass is 10.1. The Morgan fingerprint density at radius 1 is 1.39 bits per heavy atom. The predicted octanol–water partition coefficient (Wildman–Crippen LogP) is 0.534. The number of nitrogens with two attached hydrogens (primary N) is 1. The summed E-state index contributed by atoms with van der Waals surface area (Å²) in [6.07, 6.45) is -0.895. The smallest absolute Gasteiger partial charge is 0.235 e. The van der Waals surface area contributed by atoms with Gasteiger partial charge in [0.25, 0.3) is 0 Å². The molecule has 0 saturated heterocycles. The molecule has 0 radical (unpaired) electrons. The van der Waals surface area contributed by atoms with Gasteiger partial charge in [0.05, 0.1) is 17.0 Å². The summed E-state index contributed by atoms with van der Waals surface area (Å²) in [5, 5.41) is 18.5. The highest BCUT2D eigenvalue weighted by molar-refractivity contribution is 7.93. The average molecular weight is 274 g/mol. The minimum Gasteiger partial charge on any atom is -0.506 e. The molecule has 0 unspecified atom stereocenters. The summed E-state index contributed by atoms with van der Waals surface area (Å²) in [5.74, 6) is -0.202. The number of nitrogens with one attached hydrogen (secondary N) is 1. The summed E-state index contributed by atoms with van der Waals surface area (Å²) >= 11 is 0. The maximum atomic E-state index is 11.7. The van der Waals surface area contributed by atoms with Crippen LogP contribution < -0.4 is 10.5 Å². The molecule has 7 heteroatoms. The largest absolute Gasteiger partial charge is 0.506 e. The number of hydrogen-bond donors (Lipinski definition) is 4. The summed E-state index contributed by atoms with van der Waals surface area (Å²) in [7, 11) is -3.55. The van der Waals surface area contributed by atoms with Crippen LogP contribution in [0.2, 0.25) is 0 Å². The second-order valence-corrected chi connectivity index (χ2v) is 6.46. The molecule has 0 amide bonds. The van der Waals surface area contributed by atoms with E-state index in [4.69, 9.17) is 5.73 Å². The number of rotatable bonds is 5. The van der Waals surface area contributed by atoms with Crippen molar-refractivity contribution in [2.24, 2.45) is 5.73 Å². The van der Waals surface area contributed by atoms with Crippen molar-refractivity contribution in [3.05, 3.63) is 23.8 Å². The van der Waals surface area contributed by atoms with E-state index in [2.05, 4.69) is 4.72 Å². The molecule has 0 aliphatic carbocycles. The molecule has 1 aromatic rings. The van der Waals surface area contributed by atoms with Crippen LogP contribution >= 0.6 is 0 Å². The molecule has 5 N–H and O–H groups in total. The summed E-state index contributed by atoms with van der Waals surface area (Å²) < 4.78 is 25.7. The molecule has 0 fully saturated rings. The van der Waals surface area contributed by atoms with E-state index in [-0.39, 0.29) is 18.0 Å². The first-order valence-corrected chi connectivity index (χ1v) is 7.05. The van der Waals surface area contributed by atoms with Crippen molar-refractivity contribution in [3.63, 3.8) is 0 Å². The van der Waals surface area contributed by atoms with E-state index in [1.807, 2.05) is 0 Å². The molecule has 1 atom stereocenters. The topological polar surface area (TPSA) is 113 Å². The number of aliphatic hydroxyl groups excluding tert-OH is 1. The Morgan fingerprint density at radius 3 is 2.50 bits per heavy atom. The van der Waals surface area contributed by atoms with E-state index in [1.165, 1.54) is 32.0 Å². The van der Waals surface area contributed by atoms with E-state index in [0.717, 1.165) is 0 Å². The number of sulfonamides is 1. The first-order chi connectivity index (χ1) is 8.27. The molecule has 0 spiro atoms. The Labute approximate surface area is 106 Å². The van der Waals surface area contributed by atoms with Crippen molar-refractivity contribution >= 4 is 15.7 Å². The fraction of sp³-hybridized carbons (Fsp3) is 0.455. The standard InChI is InChI=1S/C11H18N2O4S/c1-7(2)18(16,17)13-9-5-8(11(15)6-12)3-4-10(9)14/h3-5,7,11,13-15H,6,12H2,1-2H3/t11-/m0/s1. The monoisotopic (exact) mass is 274 g/mol. The maximum absolute atomic E-state index is 11.7. The van der Waals surface area contributed by atoms with Gasteiger partial charge in [0.15, 0.2) is 0 Å². The van der Waals surface area contributed by atoms with Gasteiger partial charge in [-0.05, 0) is 31.5 Å². The van der Waals surface area contributed by atoms with Crippen molar-refractivity contribution in [1.29, 1.82) is 0 Å². The van der Waals surface area contributed by atoms with E-state index in [0.29, 0.717) is 5.56 Å². The van der Waals surface area contributed by atoms with Crippen molar-refractivity contribution < 1.29 is 18.6 Å². The average Bonchev–Trinajstić information content (AvgIpc) is 2.30. The molecule has 0 aromatic heterocycles. The van der Waals surface area contributed by atoms with Gasteiger partial charge in [0.1, 0.15) is 5.75 Å². The first-order valence-electron chi connectivity index (χ1n) is 5.50. The molecule has 0 saturated carbocycles. The van der Waals surface area contributed by atoms with E-state index in [1.54, 1.807) is 0 Å². The first kappa shape index (κ1) is 14.7. The van der Waals surface area contributed by atoms with Gasteiger partial charge >= 0.3 is 0 Å². The summed E-state index contributed by atoms with van der Waals surface area (Å²) in [5.41, 5.74) is 5.79. The van der Waals surface area contributed by atoms with E-state index < -0.39 is 21.4 Å². The van der Waals surface area contributed by atoms with Crippen LogP contribution in [0.4, 0.5) is 5.69 Å². The third-order valence-electron chi connectivity index (χ3n) is 2.50. The molecule has 0 bridgehead atoms. The van der Waals surface area contributed by atoms with Gasteiger partial charge in [-0.3, -0.25) is 4.72 Å². The summed E-state index contributed by atoms with van der Waals surface area (Å²) in [4.78, 5) is 0. The van der Waals surface area contributed by atoms with Crippen molar-refractivity contribution in [2.45, 2.75) is 25.2 Å². The van der Waals surface area contributed by atoms with Crippen molar-refractivity contribution in [1.82, 2.24) is 0 Å². The third-order valence-corrected chi connectivity index (χ3v) is 4.25. The van der Waals surface area contributed by atoms with Crippen LogP contribution in [-0.2, 0) is 10.0 Å². The molecule has 6 nitrogen and oxygen atoms in total. The number of aromatic hydroxyl groups is 1. The Hall–Kier alpha value is -1.31. The van der Waals surface area contributed by atoms with Gasteiger partial charge in [0, 0.05) is 6.54 Å². The molecule has 0 heterocycles. The van der Waals surface area contributed by atoms with Crippen LogP contribution in [0.1, 0.15) is 25.5 Å². The fourth-order valence-corrected chi connectivity index (χ4v) is 1.96. The van der Waals surface area contributed by atoms with Gasteiger partial charge in [0.2, 0.25) is 10.0 Å². The lowest BCUT2D eigenvalue weighted by molar-refractivity contribution is 0.186. The lowest BCUT2D eigenvalue weighted by Crippen LogP contribution is -2.22. The fourth-order valence-electron chi connectivity index (χ4n) is 1.25. The molecular formula is C11H18N2O4S. The summed E-state index contributed by atoms with van der Waals surface area (Å²) in [6, 6.07) is 4.17. The van der Waals surface area contributed by atoms with E-state index in [9.17, 15) is 18.6 Å². The van der Waals surface area contributed by atoms with Crippen LogP contribution in [0.15, 0.2) is 18.2 Å². The zero-order valence-corrected chi connectivity index (χ0v) is 11.1. The molecule has 1 aromatic carbocycles. The molecule has 102 valence electrons. The second-order valence-electron chi connectivity index (χ2n) is 4.22. The minimum atomic E-state index is -3.55. The Kier molecular flexibility index (Phi) is 4.55. The molecule has 1 rings (SSSR count). The van der Waals surface area contributed by atoms with E-state index >= 15 is 0 Å². The Morgan fingerprint density at radius 2 is 2.00 bits per heavy atom. The molecule has 0 aliphatic rings. The number of anilines is 1. The maximum Gasteiger partial charge on any atom is 0.235 e. The van der Waals surface area contributed by atoms with Crippen LogP contribution in [0.3, 0.4) is 0 Å². The summed E-state index contributed by atoms with van der Waals surface area (Å²) in [6.45, 7) is 3.07. The number of phenols is 1. The number of phenolic OH excluding ortho intramolecular Hbond substituents is 1. The SMILES string of the molecule is CC(C)S(=O)(=O)Nc1cc([C@@H](O)CN)ccc1O. The van der Waals surface area contributed by atoms with Crippen LogP contribution in [0.5, 0.6) is 5.75 Å². The van der Waals surface area contributed by atoms with Gasteiger partial charge in [-0.2, -0.15) is 0 Å². The quantitative estimate of drug-likeness (QED) is 0.585. The van der Waals surface area contributed by atoms with Crippen molar-refractivity contribution in [2.75, 3.05) is 11.3 Å². The highest BCUT2D eigenvalue weighted by Crippen LogP contribution is 2.28. The number of aliphatic hydroxyl groups is 1. The highest BCUT2D eigenvalue weighted by atomic mass is 32.2. The minimum absolute atomic E-state index is 0.0150. The van der Waals surface area contributed by atoms with Crippen molar-refractivity contribution in [3.8, 4) is 5.75 Å². The Balaban J connectivity index is 3.09. The normalized spacial score (nSPS) is 13.6. The van der Waals surface area contributed by atoms with Crippen LogP contribution in [0.25, 0.3) is 0 Å². The number of benzene rings is 1. The van der Waals surface area contributed by atoms with Gasteiger partial charge in [-0.1, -0.05) is 6.07 Å².